The number of halogens is 1. The zero-order valence-electron chi connectivity index (χ0n) is 18.8. The molecule has 6 heteroatoms. The van der Waals surface area contributed by atoms with Crippen molar-refractivity contribution in [2.24, 2.45) is 0 Å². The van der Waals surface area contributed by atoms with Crippen LogP contribution in [0.4, 0.5) is 10.1 Å². The number of nitrogens with zero attached hydrogens (tertiary/aromatic N) is 3. The third-order valence-corrected chi connectivity index (χ3v) is 6.07. The Balaban J connectivity index is 1.40. The Labute approximate surface area is 192 Å². The van der Waals surface area contributed by atoms with Crippen molar-refractivity contribution in [2.75, 3.05) is 18.1 Å². The van der Waals surface area contributed by atoms with Gasteiger partial charge < -0.3 is 14.2 Å². The first-order chi connectivity index (χ1) is 16.0. The van der Waals surface area contributed by atoms with Crippen LogP contribution in [0.3, 0.4) is 0 Å². The van der Waals surface area contributed by atoms with Gasteiger partial charge in [-0.1, -0.05) is 24.3 Å². The van der Waals surface area contributed by atoms with Gasteiger partial charge >= 0.3 is 0 Å². The molecule has 1 aliphatic heterocycles. The van der Waals surface area contributed by atoms with Gasteiger partial charge in [0.25, 0.3) is 0 Å². The molecule has 1 saturated heterocycles. The molecule has 0 bridgehead atoms. The maximum absolute atomic E-state index is 13.7. The standard InChI is InChI=1S/C27H26FN3O2/c1-18-12-19(2)14-23(13-18)33-11-10-30-25-9-4-3-8-24(25)29-27(30)20-15-26(32)31(17-20)22-7-5-6-21(28)16-22/h3-9,12-14,16,20H,10-11,15,17H2,1-2H3. The number of para-hydroxylation sites is 2. The summed E-state index contributed by atoms with van der Waals surface area (Å²) in [5, 5.41) is 0. The average Bonchev–Trinajstić information content (AvgIpc) is 3.34. The molecule has 2 heterocycles. The molecule has 5 rings (SSSR count). The number of rotatable bonds is 6. The van der Waals surface area contributed by atoms with Crippen LogP contribution < -0.4 is 9.64 Å². The fourth-order valence-electron chi connectivity index (χ4n) is 4.69. The normalized spacial score (nSPS) is 16.0. The van der Waals surface area contributed by atoms with Crippen molar-refractivity contribution in [3.63, 3.8) is 0 Å². The molecule has 1 atom stereocenters. The largest absolute Gasteiger partial charge is 0.492 e. The lowest BCUT2D eigenvalue weighted by Gasteiger charge is -2.18. The van der Waals surface area contributed by atoms with Gasteiger partial charge in [0.1, 0.15) is 24.0 Å². The third kappa shape index (κ3) is 4.33. The van der Waals surface area contributed by atoms with E-state index in [1.54, 1.807) is 17.0 Å². The highest BCUT2D eigenvalue weighted by Gasteiger charge is 2.35. The summed E-state index contributed by atoms with van der Waals surface area (Å²) in [5.74, 6) is 1.28. The summed E-state index contributed by atoms with van der Waals surface area (Å²) in [5.41, 5.74) is 4.84. The number of carbonyl (C=O) groups is 1. The highest BCUT2D eigenvalue weighted by molar-refractivity contribution is 5.96. The maximum atomic E-state index is 13.7. The first-order valence-corrected chi connectivity index (χ1v) is 11.2. The molecule has 33 heavy (non-hydrogen) atoms. The Bertz CT molecular complexity index is 1310. The van der Waals surface area contributed by atoms with Gasteiger partial charge in [-0.25, -0.2) is 9.37 Å². The van der Waals surface area contributed by atoms with Gasteiger partial charge in [-0.3, -0.25) is 4.79 Å². The van der Waals surface area contributed by atoms with E-state index >= 15 is 0 Å². The monoisotopic (exact) mass is 443 g/mol. The number of aryl methyl sites for hydroxylation is 2. The number of imidazole rings is 1. The highest BCUT2D eigenvalue weighted by Crippen LogP contribution is 2.33. The van der Waals surface area contributed by atoms with E-state index in [2.05, 4.69) is 24.5 Å². The predicted molar refractivity (Wildman–Crippen MR) is 127 cm³/mol. The zero-order valence-corrected chi connectivity index (χ0v) is 18.8. The fourth-order valence-corrected chi connectivity index (χ4v) is 4.69. The van der Waals surface area contributed by atoms with E-state index in [0.29, 0.717) is 31.8 Å². The average molecular weight is 444 g/mol. The third-order valence-electron chi connectivity index (χ3n) is 6.07. The molecule has 168 valence electrons. The molecule has 1 fully saturated rings. The minimum atomic E-state index is -0.348. The number of fused-ring (bicyclic) bond motifs is 1. The first kappa shape index (κ1) is 21.2. The van der Waals surface area contributed by atoms with Crippen LogP contribution in [-0.2, 0) is 11.3 Å². The molecule has 1 amide bonds. The van der Waals surface area contributed by atoms with Crippen LogP contribution >= 0.6 is 0 Å². The van der Waals surface area contributed by atoms with E-state index in [-0.39, 0.29) is 17.6 Å². The molecule has 0 N–H and O–H groups in total. The van der Waals surface area contributed by atoms with Crippen molar-refractivity contribution in [1.82, 2.24) is 9.55 Å². The van der Waals surface area contributed by atoms with Crippen LogP contribution in [0.5, 0.6) is 5.75 Å². The maximum Gasteiger partial charge on any atom is 0.227 e. The van der Waals surface area contributed by atoms with Crippen molar-refractivity contribution in [2.45, 2.75) is 32.7 Å². The summed E-state index contributed by atoms with van der Waals surface area (Å²) < 4.78 is 22.0. The molecule has 5 nitrogen and oxygen atoms in total. The second kappa shape index (κ2) is 8.70. The molecule has 4 aromatic rings. The molecule has 3 aromatic carbocycles. The Morgan fingerprint density at radius 1 is 1.03 bits per heavy atom. The molecule has 1 unspecified atom stereocenters. The minimum absolute atomic E-state index is 0.0179. The van der Waals surface area contributed by atoms with Gasteiger partial charge in [-0.15, -0.1) is 0 Å². The SMILES string of the molecule is Cc1cc(C)cc(OCCn2c(C3CC(=O)N(c4cccc(F)c4)C3)nc3ccccc32)c1. The Morgan fingerprint density at radius 3 is 2.61 bits per heavy atom. The van der Waals surface area contributed by atoms with Crippen molar-refractivity contribution in [3.05, 3.63) is 89.5 Å². The van der Waals surface area contributed by atoms with Crippen LogP contribution in [0.25, 0.3) is 11.0 Å². The lowest BCUT2D eigenvalue weighted by atomic mass is 10.1. The van der Waals surface area contributed by atoms with Gasteiger partial charge in [-0.2, -0.15) is 0 Å². The molecule has 0 radical (unpaired) electrons. The first-order valence-electron chi connectivity index (χ1n) is 11.2. The number of carbonyl (C=O) groups excluding carboxylic acids is 1. The minimum Gasteiger partial charge on any atom is -0.492 e. The topological polar surface area (TPSA) is 47.4 Å². The van der Waals surface area contributed by atoms with E-state index in [0.717, 1.165) is 22.6 Å². The zero-order chi connectivity index (χ0) is 22.9. The summed E-state index contributed by atoms with van der Waals surface area (Å²) in [7, 11) is 0. The summed E-state index contributed by atoms with van der Waals surface area (Å²) in [4.78, 5) is 19.3. The predicted octanol–water partition coefficient (Wildman–Crippen LogP) is 5.39. The van der Waals surface area contributed by atoms with Gasteiger partial charge in [-0.05, 0) is 67.4 Å². The Morgan fingerprint density at radius 2 is 1.82 bits per heavy atom. The van der Waals surface area contributed by atoms with Crippen molar-refractivity contribution in [1.29, 1.82) is 0 Å². The molecule has 1 aromatic heterocycles. The summed E-state index contributed by atoms with van der Waals surface area (Å²) in [6, 6.07) is 20.4. The number of hydrogen-bond acceptors (Lipinski definition) is 3. The number of benzene rings is 3. The lowest BCUT2D eigenvalue weighted by Crippen LogP contribution is -2.24. The summed E-state index contributed by atoms with van der Waals surface area (Å²) in [6.07, 6.45) is 0.345. The second-order valence-corrected chi connectivity index (χ2v) is 8.67. The number of aromatic nitrogens is 2. The van der Waals surface area contributed by atoms with E-state index < -0.39 is 0 Å². The van der Waals surface area contributed by atoms with E-state index in [1.807, 2.05) is 36.4 Å². The highest BCUT2D eigenvalue weighted by atomic mass is 19.1. The molecular formula is C27H26FN3O2. The van der Waals surface area contributed by atoms with Crippen molar-refractivity contribution < 1.29 is 13.9 Å². The van der Waals surface area contributed by atoms with Crippen molar-refractivity contribution in [3.8, 4) is 5.75 Å². The van der Waals surface area contributed by atoms with Crippen LogP contribution in [0.2, 0.25) is 0 Å². The summed E-state index contributed by atoms with van der Waals surface area (Å²) >= 11 is 0. The van der Waals surface area contributed by atoms with E-state index in [4.69, 9.17) is 9.72 Å². The van der Waals surface area contributed by atoms with Gasteiger partial charge in [0.05, 0.1) is 17.6 Å². The van der Waals surface area contributed by atoms with Gasteiger partial charge in [0.15, 0.2) is 0 Å². The van der Waals surface area contributed by atoms with Gasteiger partial charge in [0, 0.05) is 24.6 Å². The van der Waals surface area contributed by atoms with Crippen LogP contribution in [-0.4, -0.2) is 28.6 Å². The number of anilines is 1. The fraction of sp³-hybridized carbons (Fsp3) is 0.259. The number of hydrogen-bond donors (Lipinski definition) is 0. The summed E-state index contributed by atoms with van der Waals surface area (Å²) in [6.45, 7) is 5.70. The van der Waals surface area contributed by atoms with Crippen LogP contribution in [0.1, 0.15) is 29.3 Å². The molecule has 0 saturated carbocycles. The quantitative estimate of drug-likeness (QED) is 0.401. The van der Waals surface area contributed by atoms with Crippen LogP contribution in [0.15, 0.2) is 66.7 Å². The van der Waals surface area contributed by atoms with Gasteiger partial charge in [0.2, 0.25) is 5.91 Å². The molecular weight excluding hydrogens is 417 g/mol. The van der Waals surface area contributed by atoms with E-state index in [1.165, 1.54) is 23.3 Å². The second-order valence-electron chi connectivity index (χ2n) is 8.67. The van der Waals surface area contributed by atoms with E-state index in [9.17, 15) is 9.18 Å². The smallest absolute Gasteiger partial charge is 0.227 e. The lowest BCUT2D eigenvalue weighted by molar-refractivity contribution is -0.117. The number of amides is 1. The number of ether oxygens (including phenoxy) is 1. The molecule has 0 aliphatic carbocycles. The molecule has 0 spiro atoms. The Kier molecular flexibility index (Phi) is 5.58. The molecule has 1 aliphatic rings. The van der Waals surface area contributed by atoms with Crippen molar-refractivity contribution >= 4 is 22.6 Å². The van der Waals surface area contributed by atoms with Crippen LogP contribution in [0, 0.1) is 19.7 Å². The Hall–Kier alpha value is -3.67.